The summed E-state index contributed by atoms with van der Waals surface area (Å²) in [5, 5.41) is 0.802. The molecule has 1 saturated carbocycles. The molecule has 1 aliphatic rings. The summed E-state index contributed by atoms with van der Waals surface area (Å²) in [4.78, 5) is 0. The molecule has 4 heteroatoms. The van der Waals surface area contributed by atoms with Crippen LogP contribution in [0.25, 0.3) is 0 Å². The van der Waals surface area contributed by atoms with E-state index in [-0.39, 0.29) is 12.1 Å². The molecule has 2 unspecified atom stereocenters. The van der Waals surface area contributed by atoms with Gasteiger partial charge in [0.2, 0.25) is 0 Å². The highest BCUT2D eigenvalue weighted by Gasteiger charge is 2.31. The summed E-state index contributed by atoms with van der Waals surface area (Å²) < 4.78 is 6.06. The number of nitrogens with one attached hydrogen (secondary N) is 1. The Labute approximate surface area is 133 Å². The summed E-state index contributed by atoms with van der Waals surface area (Å²) in [5.41, 5.74) is 4.10. The Hall–Kier alpha value is -0.610. The Bertz CT molecular complexity index is 421. The van der Waals surface area contributed by atoms with E-state index in [0.717, 1.165) is 23.6 Å². The Morgan fingerprint density at radius 1 is 1.29 bits per heavy atom. The zero-order chi connectivity index (χ0) is 15.1. The maximum Gasteiger partial charge on any atom is 0.0772 e. The van der Waals surface area contributed by atoms with Crippen LogP contribution < -0.4 is 11.3 Å². The van der Waals surface area contributed by atoms with E-state index in [2.05, 4.69) is 18.4 Å². The standard InChI is InChI=1S/C17H27ClN2O/c1-2-21-17(13-8-4-3-5-9-13)16(20-19)12-14-10-6-7-11-15(14)18/h6-7,10-11,13,16-17,20H,2-5,8-9,12,19H2,1H3. The molecule has 1 aliphatic carbocycles. The SMILES string of the molecule is CCOC(C1CCCCC1)C(Cc1ccccc1Cl)NN. The molecule has 21 heavy (non-hydrogen) atoms. The van der Waals surface area contributed by atoms with E-state index >= 15 is 0 Å². The van der Waals surface area contributed by atoms with Crippen LogP contribution in [0.5, 0.6) is 0 Å². The molecule has 0 saturated heterocycles. The smallest absolute Gasteiger partial charge is 0.0772 e. The highest BCUT2D eigenvalue weighted by Crippen LogP contribution is 2.31. The molecule has 0 heterocycles. The zero-order valence-electron chi connectivity index (χ0n) is 12.9. The molecule has 3 N–H and O–H groups in total. The van der Waals surface area contributed by atoms with Crippen molar-refractivity contribution in [3.05, 3.63) is 34.9 Å². The van der Waals surface area contributed by atoms with Crippen LogP contribution in [-0.2, 0) is 11.2 Å². The minimum atomic E-state index is 0.105. The lowest BCUT2D eigenvalue weighted by Gasteiger charge is -2.35. The summed E-state index contributed by atoms with van der Waals surface area (Å²) in [6.07, 6.45) is 7.40. The van der Waals surface area contributed by atoms with Gasteiger partial charge in [-0.05, 0) is 43.7 Å². The summed E-state index contributed by atoms with van der Waals surface area (Å²) >= 11 is 6.28. The number of benzene rings is 1. The lowest BCUT2D eigenvalue weighted by molar-refractivity contribution is -0.0175. The first-order valence-electron chi connectivity index (χ1n) is 8.07. The van der Waals surface area contributed by atoms with Gasteiger partial charge < -0.3 is 4.74 Å². The molecular formula is C17H27ClN2O. The first kappa shape index (κ1) is 16.8. The number of halogens is 1. The minimum absolute atomic E-state index is 0.105. The molecule has 0 radical (unpaired) electrons. The maximum absolute atomic E-state index is 6.28. The lowest BCUT2D eigenvalue weighted by Crippen LogP contribution is -2.50. The van der Waals surface area contributed by atoms with Crippen LogP contribution in [0.15, 0.2) is 24.3 Å². The van der Waals surface area contributed by atoms with E-state index in [4.69, 9.17) is 22.2 Å². The van der Waals surface area contributed by atoms with Crippen molar-refractivity contribution in [3.8, 4) is 0 Å². The van der Waals surface area contributed by atoms with Crippen molar-refractivity contribution in [3.63, 3.8) is 0 Å². The summed E-state index contributed by atoms with van der Waals surface area (Å²) in [5.74, 6) is 6.43. The average molecular weight is 311 g/mol. The van der Waals surface area contributed by atoms with Gasteiger partial charge in [0.15, 0.2) is 0 Å². The molecule has 0 aromatic heterocycles. The second kappa shape index (κ2) is 8.74. The van der Waals surface area contributed by atoms with Crippen LogP contribution in [0.2, 0.25) is 5.02 Å². The highest BCUT2D eigenvalue weighted by molar-refractivity contribution is 6.31. The topological polar surface area (TPSA) is 47.3 Å². The van der Waals surface area contributed by atoms with Crippen molar-refractivity contribution in [1.82, 2.24) is 5.43 Å². The van der Waals surface area contributed by atoms with Crippen LogP contribution in [-0.4, -0.2) is 18.8 Å². The second-order valence-corrected chi connectivity index (χ2v) is 6.29. The number of ether oxygens (including phenoxy) is 1. The normalized spacial score (nSPS) is 19.4. The Morgan fingerprint density at radius 2 is 2.00 bits per heavy atom. The van der Waals surface area contributed by atoms with Gasteiger partial charge in [-0.3, -0.25) is 11.3 Å². The van der Waals surface area contributed by atoms with Crippen molar-refractivity contribution in [1.29, 1.82) is 0 Å². The van der Waals surface area contributed by atoms with E-state index in [1.165, 1.54) is 32.1 Å². The third-order valence-corrected chi connectivity index (χ3v) is 4.85. The maximum atomic E-state index is 6.28. The van der Waals surface area contributed by atoms with Gasteiger partial charge >= 0.3 is 0 Å². The van der Waals surface area contributed by atoms with Crippen molar-refractivity contribution in [2.75, 3.05) is 6.61 Å². The number of hydrogen-bond acceptors (Lipinski definition) is 3. The van der Waals surface area contributed by atoms with E-state index in [1.54, 1.807) is 0 Å². The van der Waals surface area contributed by atoms with Gasteiger partial charge in [-0.1, -0.05) is 49.1 Å². The van der Waals surface area contributed by atoms with Gasteiger partial charge in [0, 0.05) is 11.6 Å². The van der Waals surface area contributed by atoms with Crippen LogP contribution in [0, 0.1) is 5.92 Å². The Kier molecular flexibility index (Phi) is 6.97. The first-order chi connectivity index (χ1) is 10.3. The Morgan fingerprint density at radius 3 is 2.62 bits per heavy atom. The molecule has 1 aromatic rings. The van der Waals surface area contributed by atoms with Crippen LogP contribution >= 0.6 is 11.6 Å². The van der Waals surface area contributed by atoms with Crippen LogP contribution in [0.3, 0.4) is 0 Å². The predicted molar refractivity (Wildman–Crippen MR) is 88.3 cm³/mol. The quantitative estimate of drug-likeness (QED) is 0.596. The molecule has 0 spiro atoms. The summed E-state index contributed by atoms with van der Waals surface area (Å²) in [6, 6.07) is 8.08. The monoisotopic (exact) mass is 310 g/mol. The van der Waals surface area contributed by atoms with E-state index in [9.17, 15) is 0 Å². The average Bonchev–Trinajstić information content (AvgIpc) is 2.53. The number of rotatable bonds is 7. The number of hydrogen-bond donors (Lipinski definition) is 2. The zero-order valence-corrected chi connectivity index (χ0v) is 13.6. The van der Waals surface area contributed by atoms with Crippen molar-refractivity contribution < 1.29 is 4.74 Å². The number of hydrazine groups is 1. The van der Waals surface area contributed by atoms with Crippen LogP contribution in [0.4, 0.5) is 0 Å². The summed E-state index contributed by atoms with van der Waals surface area (Å²) in [7, 11) is 0. The lowest BCUT2D eigenvalue weighted by atomic mass is 9.81. The largest absolute Gasteiger partial charge is 0.377 e. The van der Waals surface area contributed by atoms with Crippen molar-refractivity contribution >= 4 is 11.6 Å². The molecule has 1 aromatic carbocycles. The fourth-order valence-corrected chi connectivity index (χ4v) is 3.62. The molecule has 0 bridgehead atoms. The molecule has 3 nitrogen and oxygen atoms in total. The number of nitrogens with two attached hydrogens (primary N) is 1. The minimum Gasteiger partial charge on any atom is -0.377 e. The van der Waals surface area contributed by atoms with Gasteiger partial charge in [-0.25, -0.2) is 0 Å². The fourth-order valence-electron chi connectivity index (χ4n) is 3.41. The Balaban J connectivity index is 2.09. The van der Waals surface area contributed by atoms with Crippen molar-refractivity contribution in [2.24, 2.45) is 11.8 Å². The molecule has 2 atom stereocenters. The molecule has 0 aliphatic heterocycles. The predicted octanol–water partition coefficient (Wildman–Crippen LogP) is 3.70. The molecule has 0 amide bonds. The summed E-state index contributed by atoms with van der Waals surface area (Å²) in [6.45, 7) is 2.78. The van der Waals surface area contributed by atoms with Gasteiger partial charge in [0.1, 0.15) is 0 Å². The van der Waals surface area contributed by atoms with Crippen molar-refractivity contribution in [2.45, 2.75) is 57.6 Å². The molecule has 118 valence electrons. The fraction of sp³-hybridized carbons (Fsp3) is 0.647. The first-order valence-corrected chi connectivity index (χ1v) is 8.45. The van der Waals surface area contributed by atoms with Gasteiger partial charge in [0.25, 0.3) is 0 Å². The van der Waals surface area contributed by atoms with Gasteiger partial charge in [-0.15, -0.1) is 0 Å². The van der Waals surface area contributed by atoms with Gasteiger partial charge in [-0.2, -0.15) is 0 Å². The van der Waals surface area contributed by atoms with E-state index < -0.39 is 0 Å². The van der Waals surface area contributed by atoms with Gasteiger partial charge in [0.05, 0.1) is 12.1 Å². The van der Waals surface area contributed by atoms with E-state index in [0.29, 0.717) is 5.92 Å². The molecule has 2 rings (SSSR count). The molecule has 1 fully saturated rings. The van der Waals surface area contributed by atoms with E-state index in [1.807, 2.05) is 18.2 Å². The third kappa shape index (κ3) is 4.68. The highest BCUT2D eigenvalue weighted by atomic mass is 35.5. The second-order valence-electron chi connectivity index (χ2n) is 5.89. The van der Waals surface area contributed by atoms with Crippen LogP contribution in [0.1, 0.15) is 44.6 Å². The third-order valence-electron chi connectivity index (χ3n) is 4.48. The molecular weight excluding hydrogens is 284 g/mol.